The van der Waals surface area contributed by atoms with E-state index in [-0.39, 0.29) is 24.2 Å². The lowest BCUT2D eigenvalue weighted by molar-refractivity contribution is -0.147. The first kappa shape index (κ1) is 34.1. The summed E-state index contributed by atoms with van der Waals surface area (Å²) in [5, 5.41) is 28.2. The number of hydrogen-bond donors (Lipinski definition) is 3. The number of hydrogen-bond acceptors (Lipinski definition) is 7. The fraction of sp³-hybridized carbons (Fsp3) is 0.667. The van der Waals surface area contributed by atoms with Gasteiger partial charge in [0, 0.05) is 6.42 Å². The smallest absolute Gasteiger partial charge is 0.339 e. The molecule has 39 heavy (non-hydrogen) atoms. The van der Waals surface area contributed by atoms with Crippen LogP contribution in [0.15, 0.2) is 18.2 Å². The number of carboxylic acids is 2. The molecule has 3 N–H and O–H groups in total. The van der Waals surface area contributed by atoms with Crippen LogP contribution in [-0.2, 0) is 14.3 Å². The predicted octanol–water partition coefficient (Wildman–Crippen LogP) is 6.41. The molecule has 9 nitrogen and oxygen atoms in total. The lowest BCUT2D eigenvalue weighted by Crippen LogP contribution is -2.26. The Morgan fingerprint density at radius 2 is 1.15 bits per heavy atom. The quantitative estimate of drug-likeness (QED) is 0.104. The van der Waals surface area contributed by atoms with E-state index in [1.165, 1.54) is 77.0 Å². The SMILES string of the molecule is CCCCCCCCCCCCCCCCCC(=O)OCC(O)COC(=O)c1ccc(C(=O)O)cc1C(=O)O. The second-order valence-corrected chi connectivity index (χ2v) is 10.0. The molecule has 0 spiro atoms. The van der Waals surface area contributed by atoms with Crippen LogP contribution >= 0.6 is 0 Å². The minimum atomic E-state index is -1.49. The van der Waals surface area contributed by atoms with Gasteiger partial charge in [0.1, 0.15) is 19.3 Å². The van der Waals surface area contributed by atoms with E-state index in [1.54, 1.807) is 0 Å². The first-order chi connectivity index (χ1) is 18.8. The van der Waals surface area contributed by atoms with Crippen molar-refractivity contribution >= 4 is 23.9 Å². The van der Waals surface area contributed by atoms with E-state index in [0.29, 0.717) is 6.42 Å². The highest BCUT2D eigenvalue weighted by Gasteiger charge is 2.21. The maximum atomic E-state index is 12.2. The van der Waals surface area contributed by atoms with Gasteiger partial charge < -0.3 is 24.8 Å². The van der Waals surface area contributed by atoms with Crippen molar-refractivity contribution in [3.63, 3.8) is 0 Å². The van der Waals surface area contributed by atoms with Crippen LogP contribution in [0, 0.1) is 0 Å². The molecule has 0 aromatic heterocycles. The highest BCUT2D eigenvalue weighted by Crippen LogP contribution is 2.15. The zero-order chi connectivity index (χ0) is 28.9. The minimum absolute atomic E-state index is 0.253. The molecule has 1 rings (SSSR count). The van der Waals surface area contributed by atoms with E-state index in [1.807, 2.05) is 0 Å². The predicted molar refractivity (Wildman–Crippen MR) is 147 cm³/mol. The molecule has 0 aliphatic carbocycles. The minimum Gasteiger partial charge on any atom is -0.478 e. The molecule has 0 radical (unpaired) electrons. The summed E-state index contributed by atoms with van der Waals surface area (Å²) in [6.45, 7) is 1.38. The fourth-order valence-electron chi connectivity index (χ4n) is 4.23. The van der Waals surface area contributed by atoms with Gasteiger partial charge in [-0.3, -0.25) is 4.79 Å². The topological polar surface area (TPSA) is 147 Å². The first-order valence-corrected chi connectivity index (χ1v) is 14.4. The average Bonchev–Trinajstić information content (AvgIpc) is 2.92. The molecule has 0 amide bonds. The van der Waals surface area contributed by atoms with Crippen molar-refractivity contribution in [2.24, 2.45) is 0 Å². The number of esters is 2. The van der Waals surface area contributed by atoms with Gasteiger partial charge in [-0.05, 0) is 24.6 Å². The molecule has 1 unspecified atom stereocenters. The molecule has 0 aliphatic heterocycles. The largest absolute Gasteiger partial charge is 0.478 e. The van der Waals surface area contributed by atoms with Crippen LogP contribution in [-0.4, -0.2) is 58.5 Å². The van der Waals surface area contributed by atoms with Gasteiger partial charge in [-0.2, -0.15) is 0 Å². The monoisotopic (exact) mass is 550 g/mol. The summed E-state index contributed by atoms with van der Waals surface area (Å²) >= 11 is 0. The maximum Gasteiger partial charge on any atom is 0.339 e. The van der Waals surface area contributed by atoms with Crippen molar-refractivity contribution in [1.29, 1.82) is 0 Å². The third-order valence-electron chi connectivity index (χ3n) is 6.54. The van der Waals surface area contributed by atoms with E-state index < -0.39 is 42.2 Å². The molecule has 0 saturated carbocycles. The van der Waals surface area contributed by atoms with E-state index in [2.05, 4.69) is 6.92 Å². The number of carboxylic acid groups (broad SMARTS) is 2. The van der Waals surface area contributed by atoms with Gasteiger partial charge in [0.15, 0.2) is 0 Å². The highest BCUT2D eigenvalue weighted by molar-refractivity contribution is 6.04. The summed E-state index contributed by atoms with van der Waals surface area (Å²) in [7, 11) is 0. The maximum absolute atomic E-state index is 12.2. The molecule has 0 saturated heterocycles. The number of carbonyl (C=O) groups is 4. The Morgan fingerprint density at radius 1 is 0.667 bits per heavy atom. The summed E-state index contributed by atoms with van der Waals surface area (Å²) < 4.78 is 9.94. The number of aromatic carboxylic acids is 2. The first-order valence-electron chi connectivity index (χ1n) is 14.4. The van der Waals surface area contributed by atoms with E-state index in [4.69, 9.17) is 14.6 Å². The number of carbonyl (C=O) groups excluding carboxylic acids is 2. The molecule has 1 aromatic rings. The average molecular weight is 551 g/mol. The molecule has 0 bridgehead atoms. The number of unbranched alkanes of at least 4 members (excludes halogenated alkanes) is 14. The van der Waals surface area contributed by atoms with Crippen LogP contribution in [0.3, 0.4) is 0 Å². The van der Waals surface area contributed by atoms with Crippen molar-refractivity contribution in [1.82, 2.24) is 0 Å². The molecule has 9 heteroatoms. The molecule has 0 heterocycles. The summed E-state index contributed by atoms with van der Waals surface area (Å²) in [6, 6.07) is 2.98. The summed E-state index contributed by atoms with van der Waals surface area (Å²) in [6.07, 6.45) is 17.5. The van der Waals surface area contributed by atoms with Gasteiger partial charge in [0.05, 0.1) is 16.7 Å². The molecule has 0 aliphatic rings. The standard InChI is InChI=1S/C30H46O9/c1-2-3-4-5-6-7-8-9-10-11-12-13-14-15-16-17-27(32)38-21-24(31)22-39-30(37)25-19-18-23(28(33)34)20-26(25)29(35)36/h18-20,24,31H,2-17,21-22H2,1H3,(H,33,34)(H,35,36). The molecular formula is C30H46O9. The van der Waals surface area contributed by atoms with Crippen molar-refractivity contribution in [3.05, 3.63) is 34.9 Å². The Morgan fingerprint density at radius 3 is 1.64 bits per heavy atom. The van der Waals surface area contributed by atoms with E-state index >= 15 is 0 Å². The highest BCUT2D eigenvalue weighted by atomic mass is 16.6. The van der Waals surface area contributed by atoms with Gasteiger partial charge in [0.25, 0.3) is 0 Å². The molecular weight excluding hydrogens is 504 g/mol. The van der Waals surface area contributed by atoms with Gasteiger partial charge >= 0.3 is 23.9 Å². The third kappa shape index (κ3) is 15.9. The Hall–Kier alpha value is -2.94. The van der Waals surface area contributed by atoms with E-state index in [9.17, 15) is 29.4 Å². The van der Waals surface area contributed by atoms with Crippen molar-refractivity contribution < 1.29 is 44.0 Å². The van der Waals surface area contributed by atoms with Crippen molar-refractivity contribution in [3.8, 4) is 0 Å². The number of aliphatic hydroxyl groups is 1. The van der Waals surface area contributed by atoms with Crippen LogP contribution in [0.2, 0.25) is 0 Å². The van der Waals surface area contributed by atoms with Gasteiger partial charge in [-0.25, -0.2) is 14.4 Å². The van der Waals surface area contributed by atoms with Gasteiger partial charge in [-0.1, -0.05) is 96.8 Å². The zero-order valence-corrected chi connectivity index (χ0v) is 23.3. The second kappa shape index (κ2) is 21.0. The van der Waals surface area contributed by atoms with Crippen molar-refractivity contribution in [2.45, 2.75) is 116 Å². The Balaban J connectivity index is 2.08. The Bertz CT molecular complexity index is 881. The van der Waals surface area contributed by atoms with Crippen LogP contribution in [0.25, 0.3) is 0 Å². The van der Waals surface area contributed by atoms with Crippen LogP contribution in [0.1, 0.15) is 141 Å². The number of aliphatic hydroxyl groups excluding tert-OH is 1. The fourth-order valence-corrected chi connectivity index (χ4v) is 4.23. The second-order valence-electron chi connectivity index (χ2n) is 10.0. The molecule has 220 valence electrons. The summed E-state index contributed by atoms with van der Waals surface area (Å²) in [4.78, 5) is 46.5. The third-order valence-corrected chi connectivity index (χ3v) is 6.54. The van der Waals surface area contributed by atoms with E-state index in [0.717, 1.165) is 31.0 Å². The zero-order valence-electron chi connectivity index (χ0n) is 23.3. The summed E-state index contributed by atoms with van der Waals surface area (Å²) in [5.41, 5.74) is -1.15. The molecule has 0 fully saturated rings. The number of ether oxygens (including phenoxy) is 2. The summed E-state index contributed by atoms with van der Waals surface area (Å²) in [5.74, 6) is -4.29. The lowest BCUT2D eigenvalue weighted by Gasteiger charge is -2.13. The molecule has 1 atom stereocenters. The van der Waals surface area contributed by atoms with Crippen LogP contribution in [0.4, 0.5) is 0 Å². The number of rotatable bonds is 23. The lowest BCUT2D eigenvalue weighted by atomic mass is 10.0. The van der Waals surface area contributed by atoms with Crippen LogP contribution < -0.4 is 0 Å². The van der Waals surface area contributed by atoms with Crippen LogP contribution in [0.5, 0.6) is 0 Å². The van der Waals surface area contributed by atoms with Crippen molar-refractivity contribution in [2.75, 3.05) is 13.2 Å². The Kier molecular flexibility index (Phi) is 18.3. The van der Waals surface area contributed by atoms with Gasteiger partial charge in [-0.15, -0.1) is 0 Å². The molecule has 1 aromatic carbocycles. The number of benzene rings is 1. The Labute approximate surface area is 231 Å². The normalized spacial score (nSPS) is 11.6. The van der Waals surface area contributed by atoms with Gasteiger partial charge in [0.2, 0.25) is 0 Å².